The zero-order valence-corrected chi connectivity index (χ0v) is 20.2. The van der Waals surface area contributed by atoms with Gasteiger partial charge < -0.3 is 14.8 Å². The molecule has 3 rings (SSSR count). The Balaban J connectivity index is 0.00000155. The number of anilines is 1. The van der Waals surface area contributed by atoms with E-state index in [4.69, 9.17) is 5.10 Å². The summed E-state index contributed by atoms with van der Waals surface area (Å²) in [5.74, 6) is 2.03. The second-order valence-corrected chi connectivity index (χ2v) is 8.87. The lowest BCUT2D eigenvalue weighted by Crippen LogP contribution is -2.40. The van der Waals surface area contributed by atoms with E-state index in [1.54, 1.807) is 0 Å². The summed E-state index contributed by atoms with van der Waals surface area (Å²) in [6, 6.07) is 4.59. The van der Waals surface area contributed by atoms with E-state index < -0.39 is 0 Å². The molecule has 2 fully saturated rings. The third-order valence-corrected chi connectivity index (χ3v) is 5.61. The molecule has 30 heavy (non-hydrogen) atoms. The van der Waals surface area contributed by atoms with Crippen molar-refractivity contribution in [3.8, 4) is 0 Å². The van der Waals surface area contributed by atoms with Crippen molar-refractivity contribution in [2.45, 2.75) is 59.8 Å². The van der Waals surface area contributed by atoms with Crippen LogP contribution in [0.4, 0.5) is 5.69 Å². The highest BCUT2D eigenvalue weighted by Gasteiger charge is 2.28. The largest absolute Gasteiger partial charge is 0.377 e. The van der Waals surface area contributed by atoms with Crippen LogP contribution >= 0.6 is 0 Å². The number of benzene rings is 1. The molecule has 0 aromatic heterocycles. The lowest BCUT2D eigenvalue weighted by molar-refractivity contribution is 0.356. The molecule has 1 saturated heterocycles. The van der Waals surface area contributed by atoms with Crippen molar-refractivity contribution >= 4 is 11.5 Å². The molecule has 1 aromatic carbocycles. The number of aryl methyl sites for hydroxylation is 3. The second-order valence-electron chi connectivity index (χ2n) is 8.87. The van der Waals surface area contributed by atoms with E-state index in [0.29, 0.717) is 0 Å². The van der Waals surface area contributed by atoms with Crippen LogP contribution in [0, 0.1) is 26.7 Å². The molecule has 0 radical (unpaired) electrons. The minimum absolute atomic E-state index is 0.902. The van der Waals surface area contributed by atoms with Gasteiger partial charge in [0, 0.05) is 51.2 Å². The molecule has 1 heterocycles. The Hall–Kier alpha value is -2.23. The molecule has 0 amide bonds. The first kappa shape index (κ1) is 24.0. The number of rotatable bonds is 7. The van der Waals surface area contributed by atoms with Crippen molar-refractivity contribution in [1.82, 2.24) is 9.91 Å². The minimum atomic E-state index is 0.902. The van der Waals surface area contributed by atoms with Crippen LogP contribution < -0.4 is 4.90 Å². The normalized spacial score (nSPS) is 18.9. The van der Waals surface area contributed by atoms with Gasteiger partial charge in [-0.15, -0.1) is 13.2 Å². The Morgan fingerprint density at radius 1 is 1.13 bits per heavy atom. The summed E-state index contributed by atoms with van der Waals surface area (Å²) in [7, 11) is 4.06. The zero-order chi connectivity index (χ0) is 22.3. The molecule has 1 aliphatic carbocycles. The Morgan fingerprint density at radius 2 is 1.77 bits per heavy atom. The zero-order valence-electron chi connectivity index (χ0n) is 20.2. The van der Waals surface area contributed by atoms with E-state index in [0.717, 1.165) is 31.3 Å². The maximum absolute atomic E-state index is 4.97. The third kappa shape index (κ3) is 6.38. The van der Waals surface area contributed by atoms with Crippen molar-refractivity contribution in [2.24, 2.45) is 11.0 Å². The molecule has 2 aliphatic rings. The molecule has 1 aromatic rings. The van der Waals surface area contributed by atoms with Gasteiger partial charge in [-0.3, -0.25) is 0 Å². The fraction of sp³-hybridized carbons (Fsp3) is 0.577. The molecule has 1 aliphatic heterocycles. The van der Waals surface area contributed by atoms with Gasteiger partial charge >= 0.3 is 0 Å². The molecule has 4 heteroatoms. The number of hydrazone groups is 1. The predicted molar refractivity (Wildman–Crippen MR) is 132 cm³/mol. The van der Waals surface area contributed by atoms with Crippen molar-refractivity contribution < 1.29 is 0 Å². The van der Waals surface area contributed by atoms with Crippen LogP contribution in [0.25, 0.3) is 0 Å². The van der Waals surface area contributed by atoms with E-state index in [1.807, 2.05) is 19.1 Å². The number of hydrogen-bond acceptors (Lipinski definition) is 3. The van der Waals surface area contributed by atoms with Crippen LogP contribution in [0.2, 0.25) is 0 Å². The van der Waals surface area contributed by atoms with E-state index in [9.17, 15) is 0 Å². The van der Waals surface area contributed by atoms with Gasteiger partial charge in [0.05, 0.1) is 0 Å². The van der Waals surface area contributed by atoms with Gasteiger partial charge in [0.2, 0.25) is 0 Å². The van der Waals surface area contributed by atoms with E-state index in [1.165, 1.54) is 60.2 Å². The summed E-state index contributed by atoms with van der Waals surface area (Å²) in [6.07, 6.45) is 8.70. The Morgan fingerprint density at radius 3 is 2.30 bits per heavy atom. The molecule has 0 spiro atoms. The molecule has 4 nitrogen and oxygen atoms in total. The molecular weight excluding hydrogens is 368 g/mol. The standard InChI is InChI=1S/C24H38N4.C2H4/c1-7-12-27(16-21-10-11-21)17-22-9-8-13-28(24(22)25-26(5)6)23-19(3)14-18(2)15-20(23)4;1-2/h14-15,17,21H,7-13,16H2,1-6H3;1-2H2/b22-17+,25-24+;. The Kier molecular flexibility index (Phi) is 9.01. The number of nitrogens with zero attached hydrogens (tertiary/aromatic N) is 4. The Bertz CT molecular complexity index is 735. The van der Waals surface area contributed by atoms with Gasteiger partial charge in [-0.2, -0.15) is 5.10 Å². The topological polar surface area (TPSA) is 22.1 Å². The van der Waals surface area contributed by atoms with Gasteiger partial charge in [0.15, 0.2) is 5.84 Å². The van der Waals surface area contributed by atoms with E-state index in [2.05, 4.69) is 69.0 Å². The molecular formula is C26H42N4. The molecule has 0 N–H and O–H groups in total. The van der Waals surface area contributed by atoms with Crippen LogP contribution in [0.5, 0.6) is 0 Å². The summed E-state index contributed by atoms with van der Waals surface area (Å²) in [5.41, 5.74) is 6.73. The lowest BCUT2D eigenvalue weighted by Gasteiger charge is -2.36. The SMILES string of the molecule is C=C.CCCN(/C=C1\CCCN(c2c(C)cc(C)cc2C)\C1=N\N(C)C)CC1CC1. The smallest absolute Gasteiger partial charge is 0.157 e. The fourth-order valence-corrected chi connectivity index (χ4v) is 4.41. The molecule has 0 unspecified atom stereocenters. The van der Waals surface area contributed by atoms with Crippen LogP contribution in [0.3, 0.4) is 0 Å². The average molecular weight is 411 g/mol. The molecule has 0 bridgehead atoms. The van der Waals surface area contributed by atoms with Crippen LogP contribution in [0.1, 0.15) is 55.7 Å². The fourth-order valence-electron chi connectivity index (χ4n) is 4.41. The van der Waals surface area contributed by atoms with Gasteiger partial charge in [-0.1, -0.05) is 24.6 Å². The highest BCUT2D eigenvalue weighted by Crippen LogP contribution is 2.33. The first-order valence-electron chi connectivity index (χ1n) is 11.5. The second kappa shape index (κ2) is 11.2. The average Bonchev–Trinajstić information content (AvgIpc) is 3.49. The first-order chi connectivity index (χ1) is 14.4. The summed E-state index contributed by atoms with van der Waals surface area (Å²) in [6.45, 7) is 18.3. The van der Waals surface area contributed by atoms with Crippen molar-refractivity contribution in [3.63, 3.8) is 0 Å². The predicted octanol–water partition coefficient (Wildman–Crippen LogP) is 5.90. The number of amidine groups is 1. The van der Waals surface area contributed by atoms with E-state index >= 15 is 0 Å². The van der Waals surface area contributed by atoms with Gasteiger partial charge in [0.25, 0.3) is 0 Å². The minimum Gasteiger partial charge on any atom is -0.377 e. The highest BCUT2D eigenvalue weighted by molar-refractivity contribution is 6.11. The Labute approximate surface area is 184 Å². The summed E-state index contributed by atoms with van der Waals surface area (Å²) >= 11 is 0. The molecule has 166 valence electrons. The van der Waals surface area contributed by atoms with Crippen LogP contribution in [-0.4, -0.2) is 49.5 Å². The summed E-state index contributed by atoms with van der Waals surface area (Å²) in [4.78, 5) is 5.01. The lowest BCUT2D eigenvalue weighted by atomic mass is 9.98. The van der Waals surface area contributed by atoms with Crippen molar-refractivity contribution in [1.29, 1.82) is 0 Å². The monoisotopic (exact) mass is 410 g/mol. The van der Waals surface area contributed by atoms with Crippen molar-refractivity contribution in [3.05, 3.63) is 53.8 Å². The molecule has 1 saturated carbocycles. The number of hydrogen-bond donors (Lipinski definition) is 0. The highest BCUT2D eigenvalue weighted by atomic mass is 15.5. The van der Waals surface area contributed by atoms with Crippen molar-refractivity contribution in [2.75, 3.05) is 38.6 Å². The maximum atomic E-state index is 4.97. The maximum Gasteiger partial charge on any atom is 0.157 e. The molecule has 0 atom stereocenters. The summed E-state index contributed by atoms with van der Waals surface area (Å²) < 4.78 is 0. The van der Waals surface area contributed by atoms with E-state index in [-0.39, 0.29) is 0 Å². The van der Waals surface area contributed by atoms with Crippen LogP contribution in [0.15, 0.2) is 42.2 Å². The van der Waals surface area contributed by atoms with Crippen LogP contribution in [-0.2, 0) is 0 Å². The van der Waals surface area contributed by atoms with Gasteiger partial charge in [-0.05, 0) is 69.9 Å². The third-order valence-electron chi connectivity index (χ3n) is 5.61. The van der Waals surface area contributed by atoms with Gasteiger partial charge in [-0.25, -0.2) is 0 Å². The number of piperidine rings is 1. The first-order valence-corrected chi connectivity index (χ1v) is 11.5. The summed E-state index contributed by atoms with van der Waals surface area (Å²) in [5, 5.41) is 6.92. The quantitative estimate of drug-likeness (QED) is 0.413. The van der Waals surface area contributed by atoms with Gasteiger partial charge in [0.1, 0.15) is 0 Å².